The van der Waals surface area contributed by atoms with E-state index < -0.39 is 0 Å². The third kappa shape index (κ3) is 4.55. The fourth-order valence-electron chi connectivity index (χ4n) is 10.1. The van der Waals surface area contributed by atoms with Crippen LogP contribution in [0.15, 0.2) is 27.6 Å². The molecule has 0 N–H and O–H groups in total. The van der Waals surface area contributed by atoms with Crippen LogP contribution in [0.4, 0.5) is 0 Å². The highest BCUT2D eigenvalue weighted by Gasteiger charge is 2.80. The standard InChI is InChI=1S/C33H46O7/c1-31-16-14-23(39-30(36)9-7-5-4-6-8-28(34)37-3)18-22(31)11-12-25-24(31)15-17-32(2)26(19-27-33(25,32)40-27)21-10-13-29(35)38-20-21/h10,13,20,22-27H,4-9,11-12,14-19H2,1-3H3/t22-,23+,24+,25-,26-,27-,31+,32-,33-/m1/s1. The van der Waals surface area contributed by atoms with Gasteiger partial charge in [-0.25, -0.2) is 4.79 Å². The molecule has 5 aliphatic rings. The first-order chi connectivity index (χ1) is 19.2. The number of esters is 2. The molecule has 1 aromatic heterocycles. The first-order valence-electron chi connectivity index (χ1n) is 15.7. The van der Waals surface area contributed by atoms with Crippen LogP contribution >= 0.6 is 0 Å². The number of fused-ring (bicyclic) bond motifs is 3. The summed E-state index contributed by atoms with van der Waals surface area (Å²) in [5.74, 6) is 1.97. The Balaban J connectivity index is 1.04. The average Bonchev–Trinajstić information content (AvgIpc) is 3.60. The number of hydrogen-bond donors (Lipinski definition) is 0. The Morgan fingerprint density at radius 1 is 0.925 bits per heavy atom. The van der Waals surface area contributed by atoms with Crippen LogP contribution in [0.5, 0.6) is 0 Å². The molecule has 1 saturated heterocycles. The largest absolute Gasteiger partial charge is 0.469 e. The van der Waals surface area contributed by atoms with Crippen molar-refractivity contribution in [1.29, 1.82) is 0 Å². The van der Waals surface area contributed by atoms with E-state index >= 15 is 0 Å². The quantitative estimate of drug-likeness (QED) is 0.200. The van der Waals surface area contributed by atoms with E-state index in [0.717, 1.165) is 63.4 Å². The maximum absolute atomic E-state index is 12.6. The second-order valence-electron chi connectivity index (χ2n) is 13.9. The van der Waals surface area contributed by atoms with E-state index in [-0.39, 0.29) is 40.1 Å². The summed E-state index contributed by atoms with van der Waals surface area (Å²) >= 11 is 0. The SMILES string of the molecule is COC(=O)CCCCCCC(=O)O[C@H]1CC[C@@]2(C)[C@H](CC[C@@H]3[C@@H]2CC[C@]2(C)[C@@H](c4ccc(=O)oc4)C[C@H]4O[C@]342)C1. The van der Waals surface area contributed by atoms with Gasteiger partial charge in [0.1, 0.15) is 11.7 Å². The molecule has 0 radical (unpaired) electrons. The molecule has 1 aliphatic heterocycles. The number of hydrogen-bond acceptors (Lipinski definition) is 7. The zero-order valence-corrected chi connectivity index (χ0v) is 24.5. The summed E-state index contributed by atoms with van der Waals surface area (Å²) in [6.45, 7) is 4.96. The molecule has 5 fully saturated rings. The zero-order chi connectivity index (χ0) is 28.1. The van der Waals surface area contributed by atoms with Gasteiger partial charge in [0.25, 0.3) is 0 Å². The maximum atomic E-state index is 12.6. The van der Waals surface area contributed by atoms with Crippen molar-refractivity contribution in [1.82, 2.24) is 0 Å². The summed E-state index contributed by atoms with van der Waals surface area (Å²) in [6, 6.07) is 3.53. The van der Waals surface area contributed by atoms with Crippen LogP contribution < -0.4 is 5.63 Å². The minimum atomic E-state index is -0.285. The van der Waals surface area contributed by atoms with Gasteiger partial charge in [-0.05, 0) is 105 Å². The molecule has 0 amide bonds. The molecule has 0 aromatic carbocycles. The lowest BCUT2D eigenvalue weighted by Gasteiger charge is -2.61. The molecule has 0 unspecified atom stereocenters. The minimum absolute atomic E-state index is 0.0368. The fourth-order valence-corrected chi connectivity index (χ4v) is 10.1. The maximum Gasteiger partial charge on any atom is 0.335 e. The van der Waals surface area contributed by atoms with Crippen LogP contribution in [0.2, 0.25) is 0 Å². The summed E-state index contributed by atoms with van der Waals surface area (Å²) < 4.78 is 22.6. The highest BCUT2D eigenvalue weighted by molar-refractivity contribution is 5.69. The Hall–Kier alpha value is -2.15. The van der Waals surface area contributed by atoms with Crippen molar-refractivity contribution in [2.75, 3.05) is 7.11 Å². The predicted octanol–water partition coefficient (Wildman–Crippen LogP) is 6.32. The summed E-state index contributed by atoms with van der Waals surface area (Å²) in [5.41, 5.74) is 1.18. The number of methoxy groups -OCH3 is 1. The average molecular weight is 555 g/mol. The van der Waals surface area contributed by atoms with Crippen molar-refractivity contribution in [3.05, 3.63) is 34.4 Å². The lowest BCUT2D eigenvalue weighted by Crippen LogP contribution is -2.58. The molecule has 7 heteroatoms. The van der Waals surface area contributed by atoms with Gasteiger partial charge in [0.15, 0.2) is 0 Å². The molecule has 9 atom stereocenters. The Kier molecular flexibility index (Phi) is 7.42. The van der Waals surface area contributed by atoms with Gasteiger partial charge in [-0.1, -0.05) is 26.7 Å². The summed E-state index contributed by atoms with van der Waals surface area (Å²) in [7, 11) is 1.42. The number of carbonyl (C=O) groups is 2. The van der Waals surface area contributed by atoms with E-state index in [2.05, 4.69) is 18.6 Å². The molecule has 40 heavy (non-hydrogen) atoms. The molecular weight excluding hydrogens is 508 g/mol. The molecule has 4 saturated carbocycles. The van der Waals surface area contributed by atoms with E-state index in [9.17, 15) is 14.4 Å². The number of ether oxygens (including phenoxy) is 3. The third-order valence-electron chi connectivity index (χ3n) is 12.2. The van der Waals surface area contributed by atoms with Crippen molar-refractivity contribution in [3.63, 3.8) is 0 Å². The second kappa shape index (κ2) is 10.6. The molecule has 2 heterocycles. The van der Waals surface area contributed by atoms with Crippen LogP contribution in [-0.4, -0.2) is 36.9 Å². The highest BCUT2D eigenvalue weighted by Crippen LogP contribution is 2.78. The summed E-state index contributed by atoms with van der Waals surface area (Å²) in [6.07, 6.45) is 15.3. The summed E-state index contributed by atoms with van der Waals surface area (Å²) in [4.78, 5) is 35.4. The van der Waals surface area contributed by atoms with Gasteiger partial charge < -0.3 is 18.6 Å². The molecular formula is C33H46O7. The first kappa shape index (κ1) is 28.0. The molecule has 6 rings (SSSR count). The van der Waals surface area contributed by atoms with Gasteiger partial charge in [-0.3, -0.25) is 9.59 Å². The van der Waals surface area contributed by atoms with E-state index in [4.69, 9.17) is 13.9 Å². The van der Waals surface area contributed by atoms with Crippen LogP contribution in [0.25, 0.3) is 0 Å². The first-order valence-corrected chi connectivity index (χ1v) is 15.7. The van der Waals surface area contributed by atoms with Crippen LogP contribution in [-0.2, 0) is 23.8 Å². The second-order valence-corrected chi connectivity index (χ2v) is 13.9. The zero-order valence-electron chi connectivity index (χ0n) is 24.5. The van der Waals surface area contributed by atoms with Crippen molar-refractivity contribution in [2.24, 2.45) is 28.6 Å². The predicted molar refractivity (Wildman–Crippen MR) is 149 cm³/mol. The van der Waals surface area contributed by atoms with E-state index in [0.29, 0.717) is 42.6 Å². The van der Waals surface area contributed by atoms with Crippen LogP contribution in [0, 0.1) is 28.6 Å². The topological polar surface area (TPSA) is 95.3 Å². The summed E-state index contributed by atoms with van der Waals surface area (Å²) in [5, 5.41) is 0. The lowest BCUT2D eigenvalue weighted by atomic mass is 9.44. The minimum Gasteiger partial charge on any atom is -0.469 e. The third-order valence-corrected chi connectivity index (χ3v) is 12.2. The Bertz CT molecular complexity index is 1160. The van der Waals surface area contributed by atoms with Crippen molar-refractivity contribution in [3.8, 4) is 0 Å². The number of epoxide rings is 1. The number of unbranched alkanes of at least 4 members (excludes halogenated alkanes) is 3. The molecule has 0 bridgehead atoms. The van der Waals surface area contributed by atoms with Crippen molar-refractivity contribution in [2.45, 2.75) is 127 Å². The monoisotopic (exact) mass is 554 g/mol. The van der Waals surface area contributed by atoms with Crippen LogP contribution in [0.3, 0.4) is 0 Å². The Labute approximate surface area is 237 Å². The highest BCUT2D eigenvalue weighted by atomic mass is 16.6. The number of carbonyl (C=O) groups excluding carboxylic acids is 2. The molecule has 220 valence electrons. The Morgan fingerprint density at radius 2 is 1.70 bits per heavy atom. The van der Waals surface area contributed by atoms with E-state index in [1.807, 2.05) is 6.07 Å². The fraction of sp³-hybridized carbons (Fsp3) is 0.788. The van der Waals surface area contributed by atoms with Gasteiger partial charge in [-0.2, -0.15) is 0 Å². The van der Waals surface area contributed by atoms with Gasteiger partial charge in [0.2, 0.25) is 0 Å². The van der Waals surface area contributed by atoms with Gasteiger partial charge in [0, 0.05) is 24.3 Å². The van der Waals surface area contributed by atoms with Crippen molar-refractivity contribution >= 4 is 11.9 Å². The number of rotatable bonds is 9. The van der Waals surface area contributed by atoms with E-state index in [1.165, 1.54) is 26.4 Å². The van der Waals surface area contributed by atoms with Gasteiger partial charge >= 0.3 is 17.6 Å². The van der Waals surface area contributed by atoms with Crippen molar-refractivity contribution < 1.29 is 28.2 Å². The smallest absolute Gasteiger partial charge is 0.335 e. The normalized spacial score (nSPS) is 41.2. The van der Waals surface area contributed by atoms with E-state index in [1.54, 1.807) is 12.3 Å². The molecule has 1 spiro atoms. The Morgan fingerprint density at radius 3 is 2.42 bits per heavy atom. The van der Waals surface area contributed by atoms with Crippen LogP contribution in [0.1, 0.15) is 115 Å². The van der Waals surface area contributed by atoms with Gasteiger partial charge in [-0.15, -0.1) is 0 Å². The molecule has 4 aliphatic carbocycles. The molecule has 1 aromatic rings. The van der Waals surface area contributed by atoms with Gasteiger partial charge in [0.05, 0.1) is 19.5 Å². The lowest BCUT2D eigenvalue weighted by molar-refractivity contribution is -0.164. The molecule has 7 nitrogen and oxygen atoms in total.